The second kappa shape index (κ2) is 5.38. The van der Waals surface area contributed by atoms with Gasteiger partial charge in [-0.05, 0) is 17.2 Å². The number of fused-ring (bicyclic) bond motifs is 4. The highest BCUT2D eigenvalue weighted by molar-refractivity contribution is 8.00. The van der Waals surface area contributed by atoms with E-state index in [0.29, 0.717) is 0 Å². The summed E-state index contributed by atoms with van der Waals surface area (Å²) < 4.78 is 4.55. The first-order valence-electron chi connectivity index (χ1n) is 8.53. The molecular weight excluding hydrogens is 312 g/mol. The van der Waals surface area contributed by atoms with Crippen molar-refractivity contribution in [1.29, 1.82) is 0 Å². The van der Waals surface area contributed by atoms with Gasteiger partial charge in [-0.15, -0.1) is 11.8 Å². The number of para-hydroxylation sites is 1. The molecule has 0 spiro atoms. The molecule has 0 fully saturated rings. The molecule has 3 aromatic carbocycles. The molecule has 0 bridgehead atoms. The van der Waals surface area contributed by atoms with Gasteiger partial charge in [-0.3, -0.25) is 0 Å². The highest BCUT2D eigenvalue weighted by atomic mass is 32.2. The van der Waals surface area contributed by atoms with Crippen molar-refractivity contribution < 1.29 is 4.57 Å². The summed E-state index contributed by atoms with van der Waals surface area (Å²) >= 11 is 1.89. The molecule has 118 valence electrons. The standard InChI is InChI=1S/C21H18N2S/c1-2-3-13-22-14-23-18-12-11-15-7-4-5-8-16(15)21(18)24-19-10-6-9-17(22)20(19)23/h4-12H,2-3,13H2,1H3. The summed E-state index contributed by atoms with van der Waals surface area (Å²) in [6, 6.07) is 19.7. The van der Waals surface area contributed by atoms with Gasteiger partial charge in [0.1, 0.15) is 0 Å². The van der Waals surface area contributed by atoms with Gasteiger partial charge in [-0.25, -0.2) is 0 Å². The van der Waals surface area contributed by atoms with Crippen LogP contribution in [0.3, 0.4) is 0 Å². The molecule has 0 unspecified atom stereocenters. The fraction of sp³-hybridized carbons (Fsp3) is 0.190. The molecule has 1 aliphatic heterocycles. The largest absolute Gasteiger partial charge is 0.317 e. The average molecular weight is 330 g/mol. The van der Waals surface area contributed by atoms with E-state index >= 15 is 0 Å². The van der Waals surface area contributed by atoms with E-state index in [9.17, 15) is 0 Å². The van der Waals surface area contributed by atoms with Crippen molar-refractivity contribution in [3.8, 4) is 5.69 Å². The summed E-state index contributed by atoms with van der Waals surface area (Å²) in [5, 5.41) is 2.62. The number of unbranched alkanes of at least 4 members (excludes halogenated alkanes) is 1. The van der Waals surface area contributed by atoms with Crippen LogP contribution >= 0.6 is 11.8 Å². The Bertz CT molecular complexity index is 1080. The molecule has 1 aromatic heterocycles. The van der Waals surface area contributed by atoms with Gasteiger partial charge in [-0.1, -0.05) is 67.9 Å². The minimum atomic E-state index is 1.02. The van der Waals surface area contributed by atoms with Crippen molar-refractivity contribution in [2.45, 2.75) is 36.1 Å². The van der Waals surface area contributed by atoms with E-state index in [4.69, 9.17) is 0 Å². The zero-order valence-electron chi connectivity index (χ0n) is 13.6. The summed E-state index contributed by atoms with van der Waals surface area (Å²) in [4.78, 5) is 2.66. The van der Waals surface area contributed by atoms with Gasteiger partial charge >= 0.3 is 0 Å². The number of imidazole rings is 1. The predicted octanol–water partition coefficient (Wildman–Crippen LogP) is 5.14. The van der Waals surface area contributed by atoms with Gasteiger partial charge in [0, 0.05) is 9.79 Å². The third-order valence-corrected chi connectivity index (χ3v) is 5.94. The zero-order valence-corrected chi connectivity index (χ0v) is 14.4. The molecule has 0 radical (unpaired) electrons. The van der Waals surface area contributed by atoms with Crippen LogP contribution in [0.4, 0.5) is 0 Å². The minimum absolute atomic E-state index is 1.02. The van der Waals surface area contributed by atoms with Crippen molar-refractivity contribution in [2.75, 3.05) is 0 Å². The maximum Gasteiger partial charge on any atom is 0.244 e. The van der Waals surface area contributed by atoms with E-state index in [2.05, 4.69) is 77.0 Å². The minimum Gasteiger partial charge on any atom is -0.317 e. The maximum absolute atomic E-state index is 3.61. The molecule has 4 aromatic rings. The number of benzene rings is 3. The van der Waals surface area contributed by atoms with Gasteiger partial charge in [0.2, 0.25) is 6.33 Å². The molecule has 3 heteroatoms. The number of nitrogens with zero attached hydrogens (tertiary/aromatic N) is 2. The Morgan fingerprint density at radius 1 is 1.04 bits per heavy atom. The molecule has 2 heterocycles. The van der Waals surface area contributed by atoms with Crippen LogP contribution in [0.5, 0.6) is 0 Å². The first-order valence-corrected chi connectivity index (χ1v) is 9.35. The van der Waals surface area contributed by atoms with E-state index < -0.39 is 0 Å². The summed E-state index contributed by atoms with van der Waals surface area (Å²) in [5.41, 5.74) is 3.83. The lowest BCUT2D eigenvalue weighted by molar-refractivity contribution is -0.577. The summed E-state index contributed by atoms with van der Waals surface area (Å²) in [7, 11) is 0. The van der Waals surface area contributed by atoms with Crippen molar-refractivity contribution in [1.82, 2.24) is 4.57 Å². The fourth-order valence-corrected chi connectivity index (χ4v) is 4.76. The second-order valence-electron chi connectivity index (χ2n) is 6.30. The third-order valence-electron chi connectivity index (χ3n) is 4.76. The Labute approximate surface area is 145 Å². The number of hydrogen-bond donors (Lipinski definition) is 0. The number of aryl methyl sites for hydroxylation is 1. The monoisotopic (exact) mass is 330 g/mol. The molecule has 0 aliphatic carbocycles. The molecule has 0 saturated heterocycles. The van der Waals surface area contributed by atoms with E-state index in [1.165, 1.54) is 50.1 Å². The van der Waals surface area contributed by atoms with Crippen molar-refractivity contribution in [3.05, 3.63) is 60.9 Å². The van der Waals surface area contributed by atoms with E-state index in [0.717, 1.165) is 6.54 Å². The Hall–Kier alpha value is -2.26. The van der Waals surface area contributed by atoms with Crippen molar-refractivity contribution in [2.24, 2.45) is 0 Å². The quantitative estimate of drug-likeness (QED) is 0.329. The molecule has 2 nitrogen and oxygen atoms in total. The van der Waals surface area contributed by atoms with E-state index in [1.807, 2.05) is 11.8 Å². The molecule has 24 heavy (non-hydrogen) atoms. The number of aromatic nitrogens is 2. The van der Waals surface area contributed by atoms with Crippen LogP contribution in [0.25, 0.3) is 27.5 Å². The van der Waals surface area contributed by atoms with Crippen LogP contribution in [-0.4, -0.2) is 4.57 Å². The Morgan fingerprint density at radius 2 is 1.96 bits per heavy atom. The Balaban J connectivity index is 1.82. The lowest BCUT2D eigenvalue weighted by Gasteiger charge is -2.21. The van der Waals surface area contributed by atoms with Crippen LogP contribution in [0, 0.1) is 6.33 Å². The van der Waals surface area contributed by atoms with Crippen LogP contribution in [-0.2, 0) is 6.54 Å². The summed E-state index contributed by atoms with van der Waals surface area (Å²) in [5.74, 6) is 0. The number of rotatable bonds is 3. The summed E-state index contributed by atoms with van der Waals surface area (Å²) in [6.07, 6.45) is 5.99. The Kier molecular flexibility index (Phi) is 3.17. The van der Waals surface area contributed by atoms with Gasteiger partial charge < -0.3 is 9.13 Å². The molecule has 0 amide bonds. The van der Waals surface area contributed by atoms with Crippen LogP contribution in [0.2, 0.25) is 0 Å². The molecule has 0 atom stereocenters. The average Bonchev–Trinajstić information content (AvgIpc) is 3.00. The Morgan fingerprint density at radius 3 is 2.88 bits per heavy atom. The normalized spacial score (nSPS) is 12.7. The number of hydrogen-bond acceptors (Lipinski definition) is 1. The topological polar surface area (TPSA) is 8.81 Å². The van der Waals surface area contributed by atoms with Gasteiger partial charge in [0.15, 0.2) is 0 Å². The highest BCUT2D eigenvalue weighted by Gasteiger charge is 2.21. The van der Waals surface area contributed by atoms with Gasteiger partial charge in [0.05, 0.1) is 23.3 Å². The van der Waals surface area contributed by atoms with Crippen LogP contribution < -0.4 is 4.57 Å². The predicted molar refractivity (Wildman–Crippen MR) is 98.8 cm³/mol. The smallest absolute Gasteiger partial charge is 0.244 e. The summed E-state index contributed by atoms with van der Waals surface area (Å²) in [6.45, 7) is 3.26. The molecule has 0 saturated carbocycles. The van der Waals surface area contributed by atoms with Gasteiger partial charge in [0.25, 0.3) is 0 Å². The third kappa shape index (κ3) is 1.94. The van der Waals surface area contributed by atoms with E-state index in [1.54, 1.807) is 0 Å². The highest BCUT2D eigenvalue weighted by Crippen LogP contribution is 2.42. The van der Waals surface area contributed by atoms with Crippen LogP contribution in [0.1, 0.15) is 19.8 Å². The van der Waals surface area contributed by atoms with E-state index in [-0.39, 0.29) is 0 Å². The van der Waals surface area contributed by atoms with Gasteiger partial charge in [-0.2, -0.15) is 0 Å². The first kappa shape index (κ1) is 14.1. The molecule has 1 aliphatic rings. The van der Waals surface area contributed by atoms with Crippen molar-refractivity contribution >= 4 is 33.6 Å². The first-order chi connectivity index (χ1) is 11.9. The SMILES string of the molecule is CCCCn1[c-][n+]2c3c(cccc31)Sc1c-2ccc2ccccc12. The molecule has 0 N–H and O–H groups in total. The fourth-order valence-electron chi connectivity index (χ4n) is 3.55. The molecule has 5 rings (SSSR count). The lowest BCUT2D eigenvalue weighted by Crippen LogP contribution is -2.32. The second-order valence-corrected chi connectivity index (χ2v) is 7.35. The maximum atomic E-state index is 3.61. The lowest BCUT2D eigenvalue weighted by atomic mass is 10.1. The van der Waals surface area contributed by atoms with Crippen LogP contribution in [0.15, 0.2) is 64.4 Å². The zero-order chi connectivity index (χ0) is 16.1. The van der Waals surface area contributed by atoms with Crippen molar-refractivity contribution in [3.63, 3.8) is 0 Å². The molecular formula is C21H18N2S.